The molecule has 3 aromatic rings. The summed E-state index contributed by atoms with van der Waals surface area (Å²) >= 11 is 2.40. The fourth-order valence-electron chi connectivity index (χ4n) is 5.19. The van der Waals surface area contributed by atoms with Crippen LogP contribution < -0.4 is 51.5 Å². The van der Waals surface area contributed by atoms with Crippen LogP contribution in [-0.4, -0.2) is 9.52 Å². The van der Waals surface area contributed by atoms with Gasteiger partial charge in [-0.25, -0.2) is 0 Å². The normalized spacial score (nSPS) is 13.8. The molecule has 4 rings (SSSR count). The maximum Gasteiger partial charge on any atom is -1.00 e. The zero-order valence-electron chi connectivity index (χ0n) is 19.4. The van der Waals surface area contributed by atoms with Gasteiger partial charge in [0.05, 0.1) is 0 Å². The van der Waals surface area contributed by atoms with Crippen LogP contribution in [0.15, 0.2) is 48.5 Å². The molecule has 0 heterocycles. The third kappa shape index (κ3) is 5.74. The van der Waals surface area contributed by atoms with Crippen molar-refractivity contribution in [3.05, 3.63) is 76.3 Å². The number of rotatable bonds is 6. The van der Waals surface area contributed by atoms with Crippen molar-refractivity contribution in [2.75, 3.05) is 0 Å². The summed E-state index contributed by atoms with van der Waals surface area (Å²) in [4.78, 5) is 0. The molecule has 0 spiro atoms. The van der Waals surface area contributed by atoms with Gasteiger partial charge in [-0.15, -0.1) is 0 Å². The van der Waals surface area contributed by atoms with Crippen LogP contribution in [0.1, 0.15) is 66.3 Å². The van der Waals surface area contributed by atoms with Gasteiger partial charge in [0.25, 0.3) is 0 Å². The van der Waals surface area contributed by atoms with Gasteiger partial charge in [0.2, 0.25) is 0 Å². The molecule has 5 heteroatoms. The van der Waals surface area contributed by atoms with Crippen LogP contribution >= 0.6 is 0 Å². The van der Waals surface area contributed by atoms with E-state index in [0.29, 0.717) is 5.92 Å². The first kappa shape index (κ1) is 29.5. The second-order valence-corrected chi connectivity index (χ2v) is 11.4. The number of hydrogen-bond donors (Lipinski definition) is 0. The van der Waals surface area contributed by atoms with E-state index in [2.05, 4.69) is 96.7 Å². The van der Waals surface area contributed by atoms with Crippen LogP contribution in [0.2, 0.25) is 0 Å². The van der Waals surface area contributed by atoms with Crippen molar-refractivity contribution in [3.63, 3.8) is 0 Å². The maximum atomic E-state index is 2.45. The molecule has 0 nitrogen and oxygen atoms in total. The summed E-state index contributed by atoms with van der Waals surface area (Å²) < 4.78 is 1.58. The molecule has 0 saturated carbocycles. The predicted octanol–water partition coefficient (Wildman–Crippen LogP) is -4.39. The van der Waals surface area contributed by atoms with E-state index in [0.717, 1.165) is 0 Å². The molecule has 0 aromatic heterocycles. The summed E-state index contributed by atoms with van der Waals surface area (Å²) in [6, 6.07) is 18.7. The minimum atomic E-state index is -0.487. The smallest absolute Gasteiger partial charge is 1.00 e. The summed E-state index contributed by atoms with van der Waals surface area (Å²) in [6.45, 7) is 9.12. The van der Waals surface area contributed by atoms with Gasteiger partial charge < -0.3 is 37.2 Å². The van der Waals surface area contributed by atoms with Gasteiger partial charge in [0, 0.05) is 0 Å². The number of hydrogen-bond acceptors (Lipinski definition) is 0. The molecular formula is C27H31Cl3SiTi. The van der Waals surface area contributed by atoms with Crippen LogP contribution in [-0.2, 0) is 20.4 Å². The van der Waals surface area contributed by atoms with Gasteiger partial charge in [0.1, 0.15) is 0 Å². The van der Waals surface area contributed by atoms with E-state index in [-0.39, 0.29) is 37.2 Å². The Morgan fingerprint density at radius 2 is 1.50 bits per heavy atom. The Kier molecular flexibility index (Phi) is 11.8. The van der Waals surface area contributed by atoms with Gasteiger partial charge >= 0.3 is 191 Å². The monoisotopic (exact) mass is 536 g/mol. The fraction of sp³-hybridized carbons (Fsp3) is 0.333. The number of unbranched alkanes of at least 4 members (excludes halogenated alkanes) is 2. The summed E-state index contributed by atoms with van der Waals surface area (Å²) in [5.41, 5.74) is 10.5. The predicted molar refractivity (Wildman–Crippen MR) is 126 cm³/mol. The van der Waals surface area contributed by atoms with E-state index < -0.39 is 9.52 Å². The molecule has 1 aliphatic carbocycles. The van der Waals surface area contributed by atoms with Crippen molar-refractivity contribution in [1.82, 2.24) is 0 Å². The zero-order chi connectivity index (χ0) is 20.5. The molecule has 168 valence electrons. The van der Waals surface area contributed by atoms with Gasteiger partial charge in [0.15, 0.2) is 0 Å². The first-order chi connectivity index (χ1) is 14.0. The van der Waals surface area contributed by atoms with Crippen LogP contribution in [0.5, 0.6) is 0 Å². The van der Waals surface area contributed by atoms with Crippen molar-refractivity contribution >= 4 is 23.8 Å². The molecular weight excluding hydrogens is 507 g/mol. The molecule has 32 heavy (non-hydrogen) atoms. The average molecular weight is 538 g/mol. The first-order valence-electron chi connectivity index (χ1n) is 11.0. The number of aryl methyl sites for hydroxylation is 3. The molecule has 1 atom stereocenters. The molecule has 0 aliphatic heterocycles. The Labute approximate surface area is 226 Å². The fourth-order valence-corrected chi connectivity index (χ4v) is 7.96. The van der Waals surface area contributed by atoms with Crippen LogP contribution in [0.4, 0.5) is 0 Å². The number of benzene rings is 3. The summed E-state index contributed by atoms with van der Waals surface area (Å²) in [5, 5.41) is 3.27. The van der Waals surface area contributed by atoms with E-state index in [1.807, 2.05) is 0 Å². The summed E-state index contributed by atoms with van der Waals surface area (Å²) in [7, 11) is -0.487. The third-order valence-corrected chi connectivity index (χ3v) is 10.5. The Morgan fingerprint density at radius 3 is 2.16 bits per heavy atom. The van der Waals surface area contributed by atoms with E-state index in [1.54, 1.807) is 25.4 Å². The quantitative estimate of drug-likeness (QED) is 0.220. The molecule has 0 fully saturated rings. The van der Waals surface area contributed by atoms with E-state index in [9.17, 15) is 0 Å². The maximum absolute atomic E-state index is 2.45. The first-order valence-corrected chi connectivity index (χ1v) is 13.2. The van der Waals surface area contributed by atoms with Gasteiger partial charge in [-0.3, -0.25) is 0 Å². The summed E-state index contributed by atoms with van der Waals surface area (Å²) in [5.74, 6) is 0.585. The van der Waals surface area contributed by atoms with Crippen LogP contribution in [0, 0.1) is 20.8 Å². The van der Waals surface area contributed by atoms with E-state index in [1.165, 1.54) is 53.5 Å². The van der Waals surface area contributed by atoms with Crippen molar-refractivity contribution in [1.29, 1.82) is 0 Å². The molecule has 1 unspecified atom stereocenters. The SMILES string of the molecule is CCCCCC1c2ccccc2-c2ccc([SiH2]c3c(C)cc(C)cc3C)[c]([Ti+3])c21.[Cl-].[Cl-].[Cl-]. The van der Waals surface area contributed by atoms with E-state index >= 15 is 0 Å². The van der Waals surface area contributed by atoms with Crippen molar-refractivity contribution in [3.8, 4) is 11.1 Å². The molecule has 0 radical (unpaired) electrons. The second-order valence-electron chi connectivity index (χ2n) is 8.75. The van der Waals surface area contributed by atoms with Crippen LogP contribution in [0.3, 0.4) is 0 Å². The van der Waals surface area contributed by atoms with Gasteiger partial charge in [-0.1, -0.05) is 0 Å². The van der Waals surface area contributed by atoms with Crippen LogP contribution in [0.25, 0.3) is 11.1 Å². The molecule has 0 N–H and O–H groups in total. The van der Waals surface area contributed by atoms with Gasteiger partial charge in [-0.2, -0.15) is 0 Å². The topological polar surface area (TPSA) is 0 Å². The number of halogens is 3. The molecule has 0 saturated heterocycles. The van der Waals surface area contributed by atoms with Crippen molar-refractivity contribution in [2.24, 2.45) is 0 Å². The largest absolute Gasteiger partial charge is 1.00 e. The Morgan fingerprint density at radius 1 is 0.844 bits per heavy atom. The Balaban J connectivity index is 0.00000171. The average Bonchev–Trinajstić information content (AvgIpc) is 3.01. The zero-order valence-corrected chi connectivity index (χ0v) is 24.6. The van der Waals surface area contributed by atoms with Crippen molar-refractivity contribution in [2.45, 2.75) is 59.3 Å². The summed E-state index contributed by atoms with van der Waals surface area (Å²) in [6.07, 6.45) is 5.24. The minimum absolute atomic E-state index is 0. The van der Waals surface area contributed by atoms with E-state index in [4.69, 9.17) is 0 Å². The third-order valence-electron chi connectivity index (χ3n) is 6.61. The van der Waals surface area contributed by atoms with Crippen molar-refractivity contribution < 1.29 is 57.7 Å². The molecule has 1 aliphatic rings. The Bertz CT molecular complexity index is 1040. The minimum Gasteiger partial charge on any atom is -1.00 e. The van der Waals surface area contributed by atoms with Gasteiger partial charge in [-0.05, 0) is 0 Å². The molecule has 3 aromatic carbocycles. The second kappa shape index (κ2) is 12.8. The standard InChI is InChI=1S/C27H31Si.3ClH.Ti/c1-5-6-7-10-24-22-11-8-9-12-23(22)25-14-13-21(17-26(24)25)28-27-19(3)15-18(2)16-20(27)4;;;;/h8-9,11-16,24H,5-7,10,28H2,1-4H3;3*1H;/q;;;;+3/p-3. The molecule has 0 bridgehead atoms. The Hall–Kier alpha value is -0.539. The molecule has 0 amide bonds. The number of fused-ring (bicyclic) bond motifs is 3.